The molecule has 0 atom stereocenters. The SMILES string of the molecule is O=C(OCC(=O)N1CCN(C(=O)c2ccco2)CC1)c1cccnc1Sc1ccccc1. The molecule has 0 saturated carbocycles. The zero-order valence-corrected chi connectivity index (χ0v) is 18.0. The lowest BCUT2D eigenvalue weighted by molar-refractivity contribution is -0.136. The summed E-state index contributed by atoms with van der Waals surface area (Å²) in [6.07, 6.45) is 3.06. The fraction of sp³-hybridized carbons (Fsp3) is 0.217. The van der Waals surface area contributed by atoms with Crippen LogP contribution in [0.1, 0.15) is 20.9 Å². The highest BCUT2D eigenvalue weighted by molar-refractivity contribution is 7.99. The largest absolute Gasteiger partial charge is 0.459 e. The maximum absolute atomic E-state index is 12.6. The van der Waals surface area contributed by atoms with Crippen LogP contribution in [-0.4, -0.2) is 65.4 Å². The Bertz CT molecular complexity index is 1080. The molecule has 0 unspecified atom stereocenters. The van der Waals surface area contributed by atoms with Crippen molar-refractivity contribution in [3.05, 3.63) is 78.4 Å². The molecule has 8 nitrogen and oxygen atoms in total. The van der Waals surface area contributed by atoms with Gasteiger partial charge in [-0.25, -0.2) is 9.78 Å². The predicted molar refractivity (Wildman–Crippen MR) is 116 cm³/mol. The van der Waals surface area contributed by atoms with Gasteiger partial charge in [0.25, 0.3) is 11.8 Å². The quantitative estimate of drug-likeness (QED) is 0.532. The molecule has 164 valence electrons. The highest BCUT2D eigenvalue weighted by Gasteiger charge is 2.27. The Morgan fingerprint density at radius 1 is 0.938 bits per heavy atom. The molecule has 1 fully saturated rings. The Morgan fingerprint density at radius 2 is 1.69 bits per heavy atom. The second kappa shape index (κ2) is 10.1. The number of furan rings is 1. The maximum atomic E-state index is 12.6. The van der Waals surface area contributed by atoms with Crippen LogP contribution in [-0.2, 0) is 9.53 Å². The number of benzene rings is 1. The van der Waals surface area contributed by atoms with Gasteiger partial charge < -0.3 is 19.0 Å². The van der Waals surface area contributed by atoms with Gasteiger partial charge in [0.1, 0.15) is 5.03 Å². The molecule has 0 aliphatic carbocycles. The molecule has 0 spiro atoms. The maximum Gasteiger partial charge on any atom is 0.341 e. The first-order chi connectivity index (χ1) is 15.6. The summed E-state index contributed by atoms with van der Waals surface area (Å²) in [4.78, 5) is 45.9. The van der Waals surface area contributed by atoms with Gasteiger partial charge in [0.05, 0.1) is 11.8 Å². The van der Waals surface area contributed by atoms with Gasteiger partial charge >= 0.3 is 5.97 Å². The summed E-state index contributed by atoms with van der Waals surface area (Å²) in [5.41, 5.74) is 0.308. The van der Waals surface area contributed by atoms with Crippen molar-refractivity contribution in [3.63, 3.8) is 0 Å². The van der Waals surface area contributed by atoms with Crippen molar-refractivity contribution in [2.75, 3.05) is 32.8 Å². The second-order valence-corrected chi connectivity index (χ2v) is 8.06. The van der Waals surface area contributed by atoms with E-state index in [0.29, 0.717) is 36.8 Å². The lowest BCUT2D eigenvalue weighted by Gasteiger charge is -2.34. The lowest BCUT2D eigenvalue weighted by atomic mass is 10.2. The van der Waals surface area contributed by atoms with E-state index in [0.717, 1.165) is 4.90 Å². The molecule has 1 aromatic carbocycles. The monoisotopic (exact) mass is 451 g/mol. The molecule has 32 heavy (non-hydrogen) atoms. The van der Waals surface area contributed by atoms with Crippen molar-refractivity contribution in [1.29, 1.82) is 0 Å². The van der Waals surface area contributed by atoms with Gasteiger partial charge in [-0.3, -0.25) is 9.59 Å². The first-order valence-corrected chi connectivity index (χ1v) is 10.9. The van der Waals surface area contributed by atoms with Gasteiger partial charge in [-0.2, -0.15) is 0 Å². The second-order valence-electron chi connectivity index (χ2n) is 7.00. The van der Waals surface area contributed by atoms with Gasteiger partial charge in [0.2, 0.25) is 0 Å². The zero-order chi connectivity index (χ0) is 22.3. The molecule has 0 radical (unpaired) electrons. The van der Waals surface area contributed by atoms with Crippen LogP contribution in [0.15, 0.2) is 81.4 Å². The van der Waals surface area contributed by atoms with Gasteiger partial charge in [-0.15, -0.1) is 0 Å². The molecule has 1 aliphatic rings. The molecule has 2 amide bonds. The smallest absolute Gasteiger partial charge is 0.341 e. The molecule has 0 bridgehead atoms. The van der Waals surface area contributed by atoms with Crippen molar-refractivity contribution >= 4 is 29.5 Å². The van der Waals surface area contributed by atoms with Crippen LogP contribution in [0.4, 0.5) is 0 Å². The Morgan fingerprint density at radius 3 is 2.41 bits per heavy atom. The van der Waals surface area contributed by atoms with Crippen LogP contribution in [0.3, 0.4) is 0 Å². The number of rotatable bonds is 6. The summed E-state index contributed by atoms with van der Waals surface area (Å²) in [6.45, 7) is 1.14. The van der Waals surface area contributed by atoms with E-state index >= 15 is 0 Å². The van der Waals surface area contributed by atoms with Gasteiger partial charge in [-0.05, 0) is 36.4 Å². The minimum absolute atomic E-state index is 0.200. The molecular formula is C23H21N3O5S. The van der Waals surface area contributed by atoms with E-state index in [1.165, 1.54) is 18.0 Å². The number of pyridine rings is 1. The first-order valence-electron chi connectivity index (χ1n) is 10.1. The normalized spacial score (nSPS) is 13.6. The third-order valence-corrected chi connectivity index (χ3v) is 5.95. The number of amides is 2. The molecule has 2 aromatic heterocycles. The van der Waals surface area contributed by atoms with Gasteiger partial charge in [0.15, 0.2) is 12.4 Å². The average Bonchev–Trinajstić information content (AvgIpc) is 3.38. The number of hydrogen-bond donors (Lipinski definition) is 0. The highest BCUT2D eigenvalue weighted by Crippen LogP contribution is 2.28. The van der Waals surface area contributed by atoms with E-state index in [1.807, 2.05) is 30.3 Å². The molecular weight excluding hydrogens is 430 g/mol. The molecule has 0 N–H and O–H groups in total. The lowest BCUT2D eigenvalue weighted by Crippen LogP contribution is -2.51. The van der Waals surface area contributed by atoms with E-state index in [-0.39, 0.29) is 24.2 Å². The standard InChI is InChI=1S/C23H21N3O5S/c27-20(25-11-13-26(14-12-25)22(28)19-9-5-15-30-19)16-31-23(29)18-8-4-10-24-21(18)32-17-6-2-1-3-7-17/h1-10,15H,11-14,16H2. The van der Waals surface area contributed by atoms with Crippen LogP contribution in [0.5, 0.6) is 0 Å². The number of ether oxygens (including phenoxy) is 1. The molecule has 3 heterocycles. The predicted octanol–water partition coefficient (Wildman–Crippen LogP) is 2.97. The number of hydrogen-bond acceptors (Lipinski definition) is 7. The number of aromatic nitrogens is 1. The van der Waals surface area contributed by atoms with Crippen molar-refractivity contribution < 1.29 is 23.5 Å². The minimum Gasteiger partial charge on any atom is -0.459 e. The summed E-state index contributed by atoms with van der Waals surface area (Å²) < 4.78 is 10.4. The molecule has 3 aromatic rings. The van der Waals surface area contributed by atoms with Crippen LogP contribution in [0.2, 0.25) is 0 Å². The van der Waals surface area contributed by atoms with Crippen molar-refractivity contribution in [2.45, 2.75) is 9.92 Å². The van der Waals surface area contributed by atoms with Crippen LogP contribution >= 0.6 is 11.8 Å². The highest BCUT2D eigenvalue weighted by atomic mass is 32.2. The fourth-order valence-electron chi connectivity index (χ4n) is 3.24. The summed E-state index contributed by atoms with van der Waals surface area (Å²) >= 11 is 1.35. The molecule has 9 heteroatoms. The van der Waals surface area contributed by atoms with Crippen molar-refractivity contribution in [2.24, 2.45) is 0 Å². The number of carbonyl (C=O) groups excluding carboxylic acids is 3. The van der Waals surface area contributed by atoms with Gasteiger partial charge in [-0.1, -0.05) is 30.0 Å². The summed E-state index contributed by atoms with van der Waals surface area (Å²) in [5.74, 6) is -0.825. The van der Waals surface area contributed by atoms with E-state index in [1.54, 1.807) is 40.3 Å². The summed E-state index contributed by atoms with van der Waals surface area (Å²) in [5, 5.41) is 0.515. The van der Waals surface area contributed by atoms with Crippen LogP contribution in [0.25, 0.3) is 0 Å². The number of piperazine rings is 1. The first kappa shape index (κ1) is 21.6. The molecule has 4 rings (SSSR count). The fourth-order valence-corrected chi connectivity index (χ4v) is 4.13. The van der Waals surface area contributed by atoms with Crippen molar-refractivity contribution in [3.8, 4) is 0 Å². The van der Waals surface area contributed by atoms with E-state index < -0.39 is 5.97 Å². The van der Waals surface area contributed by atoms with E-state index in [4.69, 9.17) is 9.15 Å². The van der Waals surface area contributed by atoms with E-state index in [2.05, 4.69) is 4.98 Å². The Balaban J connectivity index is 1.29. The summed E-state index contributed by atoms with van der Waals surface area (Å²) in [7, 11) is 0. The topological polar surface area (TPSA) is 93.0 Å². The third-order valence-electron chi connectivity index (χ3n) is 4.93. The Labute approximate surface area is 189 Å². The third kappa shape index (κ3) is 5.17. The summed E-state index contributed by atoms with van der Waals surface area (Å²) in [6, 6.07) is 16.1. The van der Waals surface area contributed by atoms with E-state index in [9.17, 15) is 14.4 Å². The number of nitrogens with zero attached hydrogens (tertiary/aromatic N) is 3. The van der Waals surface area contributed by atoms with Gasteiger partial charge in [0, 0.05) is 37.3 Å². The Hall–Kier alpha value is -3.59. The number of esters is 1. The average molecular weight is 452 g/mol. The minimum atomic E-state index is -0.600. The molecule has 1 saturated heterocycles. The molecule has 1 aliphatic heterocycles. The van der Waals surface area contributed by atoms with Crippen LogP contribution in [0, 0.1) is 0 Å². The zero-order valence-electron chi connectivity index (χ0n) is 17.2. The number of carbonyl (C=O) groups is 3. The Kier molecular flexibility index (Phi) is 6.86. The van der Waals surface area contributed by atoms with Crippen molar-refractivity contribution in [1.82, 2.24) is 14.8 Å². The van der Waals surface area contributed by atoms with Crippen LogP contribution < -0.4 is 0 Å².